The van der Waals surface area contributed by atoms with Gasteiger partial charge in [0.05, 0.1) is 12.2 Å². The lowest BCUT2D eigenvalue weighted by Gasteiger charge is -2.12. The van der Waals surface area contributed by atoms with Crippen molar-refractivity contribution in [1.82, 2.24) is 0 Å². The molecule has 4 nitrogen and oxygen atoms in total. The molecule has 116 valence electrons. The zero-order valence-corrected chi connectivity index (χ0v) is 13.0. The van der Waals surface area contributed by atoms with E-state index in [0.717, 1.165) is 5.56 Å². The van der Waals surface area contributed by atoms with Crippen molar-refractivity contribution >= 4 is 11.6 Å². The van der Waals surface area contributed by atoms with Gasteiger partial charge in [-0.2, -0.15) is 0 Å². The average molecular weight is 299 g/mol. The highest BCUT2D eigenvalue weighted by atomic mass is 16.5. The van der Waals surface area contributed by atoms with Crippen LogP contribution in [0.3, 0.4) is 0 Å². The molecule has 1 atom stereocenters. The van der Waals surface area contributed by atoms with Gasteiger partial charge >= 0.3 is 0 Å². The lowest BCUT2D eigenvalue weighted by Crippen LogP contribution is -2.13. The molecule has 0 fully saturated rings. The fourth-order valence-electron chi connectivity index (χ4n) is 2.06. The number of hydrogen-bond acceptors (Lipinski definition) is 3. The Morgan fingerprint density at radius 3 is 2.50 bits per heavy atom. The molecular formula is C18H21NO3. The predicted molar refractivity (Wildman–Crippen MR) is 87.2 cm³/mol. The standard InChI is InChI=1S/C18H21NO3/c1-12(2)22-17-9-5-7-15(11-17)18(21)19-16-8-4-6-14(10-16)13(3)20/h4-13,20H,1-3H3,(H,19,21). The molecule has 0 saturated carbocycles. The molecule has 1 unspecified atom stereocenters. The Morgan fingerprint density at radius 1 is 1.09 bits per heavy atom. The second-order valence-electron chi connectivity index (χ2n) is 5.45. The van der Waals surface area contributed by atoms with E-state index >= 15 is 0 Å². The number of aliphatic hydroxyl groups excluding tert-OH is 1. The molecule has 0 bridgehead atoms. The van der Waals surface area contributed by atoms with Gasteiger partial charge in [-0.05, 0) is 56.7 Å². The minimum absolute atomic E-state index is 0.0565. The van der Waals surface area contributed by atoms with Gasteiger partial charge in [-0.1, -0.05) is 18.2 Å². The first-order valence-corrected chi connectivity index (χ1v) is 7.32. The molecule has 0 aliphatic carbocycles. The highest BCUT2D eigenvalue weighted by Gasteiger charge is 2.09. The van der Waals surface area contributed by atoms with Crippen molar-refractivity contribution in [2.45, 2.75) is 33.0 Å². The van der Waals surface area contributed by atoms with Crippen LogP contribution >= 0.6 is 0 Å². The number of carbonyl (C=O) groups excluding carboxylic acids is 1. The number of benzene rings is 2. The van der Waals surface area contributed by atoms with Gasteiger partial charge in [0.1, 0.15) is 5.75 Å². The van der Waals surface area contributed by atoms with Gasteiger partial charge in [0.25, 0.3) is 5.91 Å². The molecule has 0 aromatic heterocycles. The lowest BCUT2D eigenvalue weighted by atomic mass is 10.1. The van der Waals surface area contributed by atoms with Crippen molar-refractivity contribution in [3.63, 3.8) is 0 Å². The van der Waals surface area contributed by atoms with Gasteiger partial charge < -0.3 is 15.2 Å². The Hall–Kier alpha value is -2.33. The summed E-state index contributed by atoms with van der Waals surface area (Å²) in [5.41, 5.74) is 1.94. The number of aliphatic hydroxyl groups is 1. The number of amides is 1. The summed E-state index contributed by atoms with van der Waals surface area (Å²) in [6, 6.07) is 14.2. The predicted octanol–water partition coefficient (Wildman–Crippen LogP) is 3.78. The zero-order chi connectivity index (χ0) is 16.1. The van der Waals surface area contributed by atoms with Crippen molar-refractivity contribution in [3.8, 4) is 5.75 Å². The fraction of sp³-hybridized carbons (Fsp3) is 0.278. The number of nitrogens with one attached hydrogen (secondary N) is 1. The maximum atomic E-state index is 12.3. The van der Waals surface area contributed by atoms with Crippen LogP contribution in [0.1, 0.15) is 42.8 Å². The fourth-order valence-corrected chi connectivity index (χ4v) is 2.06. The maximum absolute atomic E-state index is 12.3. The Labute approximate surface area is 130 Å². The molecule has 0 saturated heterocycles. The first kappa shape index (κ1) is 16.0. The summed E-state index contributed by atoms with van der Waals surface area (Å²) < 4.78 is 5.59. The van der Waals surface area contributed by atoms with Crippen molar-refractivity contribution in [2.24, 2.45) is 0 Å². The van der Waals surface area contributed by atoms with Crippen LogP contribution in [-0.2, 0) is 0 Å². The van der Waals surface area contributed by atoms with Crippen LogP contribution in [0.4, 0.5) is 5.69 Å². The van der Waals surface area contributed by atoms with Gasteiger partial charge in [-0.15, -0.1) is 0 Å². The van der Waals surface area contributed by atoms with Crippen LogP contribution in [-0.4, -0.2) is 17.1 Å². The third kappa shape index (κ3) is 4.33. The smallest absolute Gasteiger partial charge is 0.255 e. The van der Waals surface area contributed by atoms with Gasteiger partial charge in [-0.25, -0.2) is 0 Å². The van der Waals surface area contributed by atoms with Crippen LogP contribution in [0.2, 0.25) is 0 Å². The molecule has 0 radical (unpaired) electrons. The first-order valence-electron chi connectivity index (χ1n) is 7.32. The molecule has 1 amide bonds. The minimum atomic E-state index is -0.570. The third-order valence-corrected chi connectivity index (χ3v) is 3.09. The lowest BCUT2D eigenvalue weighted by molar-refractivity contribution is 0.102. The van der Waals surface area contributed by atoms with Gasteiger partial charge in [0, 0.05) is 11.3 Å². The third-order valence-electron chi connectivity index (χ3n) is 3.09. The number of rotatable bonds is 5. The second-order valence-corrected chi connectivity index (χ2v) is 5.45. The van der Waals surface area contributed by atoms with Crippen molar-refractivity contribution in [2.75, 3.05) is 5.32 Å². The van der Waals surface area contributed by atoms with Gasteiger partial charge in [0.2, 0.25) is 0 Å². The number of carbonyl (C=O) groups is 1. The van der Waals surface area contributed by atoms with Crippen LogP contribution in [0.5, 0.6) is 5.75 Å². The highest BCUT2D eigenvalue weighted by molar-refractivity contribution is 6.04. The Balaban J connectivity index is 2.13. The molecule has 0 spiro atoms. The molecule has 4 heteroatoms. The quantitative estimate of drug-likeness (QED) is 0.883. The van der Waals surface area contributed by atoms with E-state index in [4.69, 9.17) is 4.74 Å². The Kier molecular flexibility index (Phi) is 5.17. The minimum Gasteiger partial charge on any atom is -0.491 e. The summed E-state index contributed by atoms with van der Waals surface area (Å²) in [7, 11) is 0. The van der Waals surface area contributed by atoms with E-state index < -0.39 is 6.10 Å². The van der Waals surface area contributed by atoms with E-state index in [-0.39, 0.29) is 12.0 Å². The van der Waals surface area contributed by atoms with Crippen molar-refractivity contribution < 1.29 is 14.6 Å². The summed E-state index contributed by atoms with van der Waals surface area (Å²) >= 11 is 0. The summed E-state index contributed by atoms with van der Waals surface area (Å²) in [6.45, 7) is 5.57. The number of hydrogen-bond donors (Lipinski definition) is 2. The van der Waals surface area contributed by atoms with Crippen LogP contribution in [0, 0.1) is 0 Å². The van der Waals surface area contributed by atoms with E-state index in [2.05, 4.69) is 5.32 Å². The first-order chi connectivity index (χ1) is 10.5. The summed E-state index contributed by atoms with van der Waals surface area (Å²) in [6.07, 6.45) is -0.513. The Bertz CT molecular complexity index is 650. The largest absolute Gasteiger partial charge is 0.491 e. The van der Waals surface area contributed by atoms with Crippen molar-refractivity contribution in [1.29, 1.82) is 0 Å². The topological polar surface area (TPSA) is 58.6 Å². The molecule has 0 aliphatic heterocycles. The van der Waals surface area contributed by atoms with Crippen LogP contribution < -0.4 is 10.1 Å². The van der Waals surface area contributed by atoms with E-state index in [1.165, 1.54) is 0 Å². The number of ether oxygens (including phenoxy) is 1. The molecule has 0 heterocycles. The van der Waals surface area contributed by atoms with E-state index in [1.807, 2.05) is 26.0 Å². The summed E-state index contributed by atoms with van der Waals surface area (Å²) in [5, 5.41) is 12.4. The molecule has 0 aliphatic rings. The van der Waals surface area contributed by atoms with Gasteiger partial charge in [-0.3, -0.25) is 4.79 Å². The van der Waals surface area contributed by atoms with Crippen LogP contribution in [0.15, 0.2) is 48.5 Å². The molecule has 2 aromatic rings. The van der Waals surface area contributed by atoms with Gasteiger partial charge in [0.15, 0.2) is 0 Å². The zero-order valence-electron chi connectivity index (χ0n) is 13.0. The Morgan fingerprint density at radius 2 is 1.82 bits per heavy atom. The average Bonchev–Trinajstić information content (AvgIpc) is 2.47. The van der Waals surface area contributed by atoms with Crippen LogP contribution in [0.25, 0.3) is 0 Å². The normalized spacial score (nSPS) is 12.0. The van der Waals surface area contributed by atoms with E-state index in [1.54, 1.807) is 43.3 Å². The maximum Gasteiger partial charge on any atom is 0.255 e. The SMILES string of the molecule is CC(C)Oc1cccc(C(=O)Nc2cccc(C(C)O)c2)c1. The molecule has 2 aromatic carbocycles. The molecule has 22 heavy (non-hydrogen) atoms. The molecule has 2 N–H and O–H groups in total. The van der Waals surface area contributed by atoms with Crippen molar-refractivity contribution in [3.05, 3.63) is 59.7 Å². The second kappa shape index (κ2) is 7.09. The monoisotopic (exact) mass is 299 g/mol. The molecule has 2 rings (SSSR count). The summed E-state index contributed by atoms with van der Waals surface area (Å²) in [4.78, 5) is 12.3. The van der Waals surface area contributed by atoms with E-state index in [9.17, 15) is 9.90 Å². The number of anilines is 1. The highest BCUT2D eigenvalue weighted by Crippen LogP contribution is 2.19. The van der Waals surface area contributed by atoms with E-state index in [0.29, 0.717) is 17.0 Å². The molecular weight excluding hydrogens is 278 g/mol. The summed E-state index contributed by atoms with van der Waals surface area (Å²) in [5.74, 6) is 0.456.